The molecule has 110 valence electrons. The molecule has 0 spiro atoms. The van der Waals surface area contributed by atoms with E-state index in [1.807, 2.05) is 19.1 Å². The lowest BCUT2D eigenvalue weighted by molar-refractivity contribution is -0.116. The third-order valence-corrected chi connectivity index (χ3v) is 3.47. The van der Waals surface area contributed by atoms with Crippen molar-refractivity contribution in [3.05, 3.63) is 35.5 Å². The first-order chi connectivity index (χ1) is 10.2. The molecule has 0 radical (unpaired) electrons. The van der Waals surface area contributed by atoms with E-state index in [0.717, 1.165) is 37.2 Å². The number of carbonyl (C=O) groups excluding carboxylic acids is 1. The summed E-state index contributed by atoms with van der Waals surface area (Å²) in [6.45, 7) is 2.66. The average Bonchev–Trinajstić information content (AvgIpc) is 2.89. The number of aryl methyl sites for hydroxylation is 3. The number of hydrogen-bond donors (Lipinski definition) is 2. The fraction of sp³-hybridized carbons (Fsp3) is 0.400. The van der Waals surface area contributed by atoms with Gasteiger partial charge in [0, 0.05) is 30.8 Å². The molecule has 1 aromatic heterocycles. The van der Waals surface area contributed by atoms with Gasteiger partial charge in [0.2, 0.25) is 11.8 Å². The Morgan fingerprint density at radius 2 is 2.29 bits per heavy atom. The van der Waals surface area contributed by atoms with Crippen LogP contribution in [0.15, 0.2) is 22.7 Å². The van der Waals surface area contributed by atoms with E-state index < -0.39 is 0 Å². The van der Waals surface area contributed by atoms with Gasteiger partial charge < -0.3 is 15.2 Å². The van der Waals surface area contributed by atoms with E-state index in [2.05, 4.69) is 26.8 Å². The highest BCUT2D eigenvalue weighted by atomic mass is 16.5. The summed E-state index contributed by atoms with van der Waals surface area (Å²) in [5.74, 6) is 1.45. The molecule has 1 amide bonds. The molecule has 1 aromatic carbocycles. The van der Waals surface area contributed by atoms with Crippen molar-refractivity contribution in [2.24, 2.45) is 0 Å². The van der Waals surface area contributed by atoms with Crippen LogP contribution in [0.2, 0.25) is 0 Å². The molecule has 21 heavy (non-hydrogen) atoms. The van der Waals surface area contributed by atoms with Crippen LogP contribution in [-0.4, -0.2) is 22.6 Å². The minimum Gasteiger partial charge on any atom is -0.385 e. The molecule has 1 aliphatic heterocycles. The van der Waals surface area contributed by atoms with Gasteiger partial charge in [-0.15, -0.1) is 0 Å². The predicted molar refractivity (Wildman–Crippen MR) is 79.2 cm³/mol. The highest BCUT2D eigenvalue weighted by Crippen LogP contribution is 2.25. The van der Waals surface area contributed by atoms with E-state index in [-0.39, 0.29) is 5.91 Å². The molecule has 2 aromatic rings. The fourth-order valence-electron chi connectivity index (χ4n) is 2.41. The van der Waals surface area contributed by atoms with Crippen LogP contribution >= 0.6 is 0 Å². The van der Waals surface area contributed by atoms with Gasteiger partial charge >= 0.3 is 0 Å². The molecule has 0 saturated carbocycles. The number of aromatic nitrogens is 2. The van der Waals surface area contributed by atoms with Gasteiger partial charge in [-0.3, -0.25) is 4.79 Å². The van der Waals surface area contributed by atoms with Crippen LogP contribution < -0.4 is 10.6 Å². The predicted octanol–water partition coefficient (Wildman–Crippen LogP) is 2.31. The zero-order valence-corrected chi connectivity index (χ0v) is 12.0. The van der Waals surface area contributed by atoms with Crippen molar-refractivity contribution >= 4 is 17.3 Å². The molecule has 0 unspecified atom stereocenters. The van der Waals surface area contributed by atoms with E-state index in [1.165, 1.54) is 5.56 Å². The molecule has 0 bridgehead atoms. The molecular weight excluding hydrogens is 268 g/mol. The van der Waals surface area contributed by atoms with Crippen molar-refractivity contribution in [3.8, 4) is 0 Å². The van der Waals surface area contributed by atoms with Crippen LogP contribution in [0, 0.1) is 6.92 Å². The van der Waals surface area contributed by atoms with E-state index >= 15 is 0 Å². The Morgan fingerprint density at radius 1 is 1.38 bits per heavy atom. The average molecular weight is 286 g/mol. The van der Waals surface area contributed by atoms with E-state index in [4.69, 9.17) is 4.52 Å². The van der Waals surface area contributed by atoms with Crippen molar-refractivity contribution in [1.82, 2.24) is 10.1 Å². The van der Waals surface area contributed by atoms with Crippen molar-refractivity contribution < 1.29 is 9.32 Å². The Balaban J connectivity index is 1.50. The zero-order chi connectivity index (χ0) is 14.7. The Kier molecular flexibility index (Phi) is 3.85. The molecule has 0 atom stereocenters. The maximum absolute atomic E-state index is 11.3. The van der Waals surface area contributed by atoms with E-state index in [1.54, 1.807) is 0 Å². The van der Waals surface area contributed by atoms with Crippen molar-refractivity contribution in [3.63, 3.8) is 0 Å². The number of amides is 1. The molecule has 0 saturated heterocycles. The van der Waals surface area contributed by atoms with Gasteiger partial charge in [-0.1, -0.05) is 5.16 Å². The topological polar surface area (TPSA) is 80.0 Å². The third-order valence-electron chi connectivity index (χ3n) is 3.47. The summed E-state index contributed by atoms with van der Waals surface area (Å²) in [6.07, 6.45) is 3.06. The summed E-state index contributed by atoms with van der Waals surface area (Å²) < 4.78 is 5.07. The molecule has 0 fully saturated rings. The van der Waals surface area contributed by atoms with Gasteiger partial charge in [-0.2, -0.15) is 4.98 Å². The standard InChI is InChI=1S/C15H18N4O2/c1-10-17-15(21-19-10)3-2-8-16-12-5-6-13-11(9-12)4-7-14(20)18-13/h5-6,9,16H,2-4,7-8H2,1H3,(H,18,20). The second kappa shape index (κ2) is 5.95. The number of rotatable bonds is 5. The zero-order valence-electron chi connectivity index (χ0n) is 12.0. The molecule has 1 aliphatic rings. The van der Waals surface area contributed by atoms with Crippen LogP contribution in [0.1, 0.15) is 30.1 Å². The van der Waals surface area contributed by atoms with Gasteiger partial charge in [0.25, 0.3) is 0 Å². The molecule has 0 aliphatic carbocycles. The molecule has 3 rings (SSSR count). The first-order valence-electron chi connectivity index (χ1n) is 7.16. The van der Waals surface area contributed by atoms with Crippen molar-refractivity contribution in [2.45, 2.75) is 32.6 Å². The Morgan fingerprint density at radius 3 is 3.10 bits per heavy atom. The fourth-order valence-corrected chi connectivity index (χ4v) is 2.41. The van der Waals surface area contributed by atoms with Crippen LogP contribution in [0.4, 0.5) is 11.4 Å². The number of benzene rings is 1. The highest BCUT2D eigenvalue weighted by molar-refractivity contribution is 5.94. The maximum atomic E-state index is 11.3. The van der Waals surface area contributed by atoms with Gasteiger partial charge in [-0.25, -0.2) is 0 Å². The molecule has 2 heterocycles. The van der Waals surface area contributed by atoms with Crippen LogP contribution in [0.25, 0.3) is 0 Å². The number of nitrogens with one attached hydrogen (secondary N) is 2. The number of carbonyl (C=O) groups is 1. The van der Waals surface area contributed by atoms with Gasteiger partial charge in [0.1, 0.15) is 0 Å². The second-order valence-corrected chi connectivity index (χ2v) is 5.19. The summed E-state index contributed by atoms with van der Waals surface area (Å²) in [5.41, 5.74) is 3.19. The van der Waals surface area contributed by atoms with Crippen molar-refractivity contribution in [2.75, 3.05) is 17.2 Å². The van der Waals surface area contributed by atoms with E-state index in [9.17, 15) is 4.79 Å². The lowest BCUT2D eigenvalue weighted by atomic mass is 10.0. The summed E-state index contributed by atoms with van der Waals surface area (Å²) in [5, 5.41) is 10.0. The summed E-state index contributed by atoms with van der Waals surface area (Å²) in [4.78, 5) is 15.5. The first kappa shape index (κ1) is 13.6. The molecule has 6 heteroatoms. The third kappa shape index (κ3) is 3.39. The normalized spacial score (nSPS) is 13.7. The number of anilines is 2. The summed E-state index contributed by atoms with van der Waals surface area (Å²) in [7, 11) is 0. The SMILES string of the molecule is Cc1noc(CCCNc2ccc3c(c2)CCC(=O)N3)n1. The molecule has 2 N–H and O–H groups in total. The van der Waals surface area contributed by atoms with Crippen LogP contribution in [0.3, 0.4) is 0 Å². The molecule has 6 nitrogen and oxygen atoms in total. The summed E-state index contributed by atoms with van der Waals surface area (Å²) in [6, 6.07) is 6.04. The summed E-state index contributed by atoms with van der Waals surface area (Å²) >= 11 is 0. The Hall–Kier alpha value is -2.37. The van der Waals surface area contributed by atoms with Crippen molar-refractivity contribution in [1.29, 1.82) is 0 Å². The minimum absolute atomic E-state index is 0.0954. The van der Waals surface area contributed by atoms with Gasteiger partial charge in [0.05, 0.1) is 0 Å². The lowest BCUT2D eigenvalue weighted by Crippen LogP contribution is -2.19. The van der Waals surface area contributed by atoms with Gasteiger partial charge in [-0.05, 0) is 43.5 Å². The Labute approximate surface area is 122 Å². The lowest BCUT2D eigenvalue weighted by Gasteiger charge is -2.18. The number of hydrogen-bond acceptors (Lipinski definition) is 5. The van der Waals surface area contributed by atoms with Crippen LogP contribution in [0.5, 0.6) is 0 Å². The highest BCUT2D eigenvalue weighted by Gasteiger charge is 2.14. The molecular formula is C15H18N4O2. The quantitative estimate of drug-likeness (QED) is 0.824. The second-order valence-electron chi connectivity index (χ2n) is 5.19. The number of nitrogens with zero attached hydrogens (tertiary/aromatic N) is 2. The largest absolute Gasteiger partial charge is 0.385 e. The maximum Gasteiger partial charge on any atom is 0.226 e. The van der Waals surface area contributed by atoms with Crippen LogP contribution in [-0.2, 0) is 17.6 Å². The minimum atomic E-state index is 0.0954. The van der Waals surface area contributed by atoms with E-state index in [0.29, 0.717) is 18.1 Å². The van der Waals surface area contributed by atoms with Gasteiger partial charge in [0.15, 0.2) is 5.82 Å². The first-order valence-corrected chi connectivity index (χ1v) is 7.16. The smallest absolute Gasteiger partial charge is 0.226 e. The monoisotopic (exact) mass is 286 g/mol. The Bertz CT molecular complexity index is 651. The number of fused-ring (bicyclic) bond motifs is 1.